The van der Waals surface area contributed by atoms with Crippen molar-refractivity contribution in [1.82, 2.24) is 14.8 Å². The number of nitrogens with one attached hydrogen (secondary N) is 1. The molecule has 0 radical (unpaired) electrons. The second kappa shape index (κ2) is 7.60. The zero-order chi connectivity index (χ0) is 22.3. The molecule has 1 aromatic heterocycles. The van der Waals surface area contributed by atoms with Gasteiger partial charge < -0.3 is 14.6 Å². The lowest BCUT2D eigenvalue weighted by Crippen LogP contribution is -2.36. The number of rotatable bonds is 5. The number of fused-ring (bicyclic) bond motifs is 2. The number of aryl methyl sites for hydroxylation is 1. The zero-order valence-corrected chi connectivity index (χ0v) is 17.3. The van der Waals surface area contributed by atoms with Gasteiger partial charge in [-0.15, -0.1) is 0 Å². The lowest BCUT2D eigenvalue weighted by atomic mass is 9.95. The molecule has 7 heteroatoms. The van der Waals surface area contributed by atoms with Gasteiger partial charge in [0.1, 0.15) is 11.4 Å². The van der Waals surface area contributed by atoms with Gasteiger partial charge in [0.05, 0.1) is 13.7 Å². The number of aromatic nitrogens is 1. The third kappa shape index (κ3) is 3.30. The lowest BCUT2D eigenvalue weighted by Gasteiger charge is -2.18. The molecule has 0 saturated carbocycles. The topological polar surface area (TPSA) is 80.6 Å². The van der Waals surface area contributed by atoms with Gasteiger partial charge in [0.15, 0.2) is 0 Å². The molecule has 2 amide bonds. The Morgan fingerprint density at radius 3 is 2.45 bits per heavy atom. The monoisotopic (exact) mass is 415 g/mol. The van der Waals surface area contributed by atoms with E-state index in [2.05, 4.69) is 23.2 Å². The Balaban J connectivity index is 1.67. The number of esters is 1. The molecule has 0 aliphatic carbocycles. The van der Waals surface area contributed by atoms with Crippen molar-refractivity contribution in [2.45, 2.75) is 6.54 Å². The number of nitrogens with zero attached hydrogens (tertiary/aromatic N) is 2. The molecule has 0 saturated heterocycles. The molecule has 2 aromatic carbocycles. The van der Waals surface area contributed by atoms with E-state index in [0.29, 0.717) is 5.56 Å². The molecule has 0 atom stereocenters. The number of hydrogen-bond acceptors (Lipinski definition) is 4. The predicted molar refractivity (Wildman–Crippen MR) is 117 cm³/mol. The maximum atomic E-state index is 13.0. The van der Waals surface area contributed by atoms with Crippen LogP contribution in [0.3, 0.4) is 0 Å². The number of carbonyl (C=O) groups is 3. The van der Waals surface area contributed by atoms with Gasteiger partial charge in [-0.3, -0.25) is 14.5 Å². The van der Waals surface area contributed by atoms with Gasteiger partial charge in [-0.2, -0.15) is 0 Å². The van der Waals surface area contributed by atoms with E-state index >= 15 is 0 Å². The number of methoxy groups -OCH3 is 1. The van der Waals surface area contributed by atoms with Crippen LogP contribution < -0.4 is 5.32 Å². The highest BCUT2D eigenvalue weighted by Gasteiger charge is 2.34. The van der Waals surface area contributed by atoms with Crippen molar-refractivity contribution in [3.63, 3.8) is 0 Å². The van der Waals surface area contributed by atoms with Crippen LogP contribution in [0.25, 0.3) is 22.0 Å². The van der Waals surface area contributed by atoms with Crippen molar-refractivity contribution < 1.29 is 19.1 Å². The van der Waals surface area contributed by atoms with Crippen LogP contribution in [0, 0.1) is 0 Å². The van der Waals surface area contributed by atoms with Gasteiger partial charge in [0.2, 0.25) is 0 Å². The molecule has 1 aliphatic heterocycles. The summed E-state index contributed by atoms with van der Waals surface area (Å²) in [6.45, 7) is 7.42. The van der Waals surface area contributed by atoms with Gasteiger partial charge >= 0.3 is 5.97 Å². The first-order valence-electron chi connectivity index (χ1n) is 9.59. The van der Waals surface area contributed by atoms with Crippen molar-refractivity contribution in [2.24, 2.45) is 7.05 Å². The molecular weight excluding hydrogens is 394 g/mol. The maximum Gasteiger partial charge on any atom is 0.353 e. The summed E-state index contributed by atoms with van der Waals surface area (Å²) < 4.78 is 6.57. The summed E-state index contributed by atoms with van der Waals surface area (Å²) >= 11 is 0. The van der Waals surface area contributed by atoms with E-state index in [0.717, 1.165) is 27.6 Å². The van der Waals surface area contributed by atoms with Crippen molar-refractivity contribution >= 4 is 28.7 Å². The molecule has 31 heavy (non-hydrogen) atoms. The van der Waals surface area contributed by atoms with E-state index in [4.69, 9.17) is 0 Å². The van der Waals surface area contributed by atoms with E-state index in [9.17, 15) is 14.4 Å². The maximum absolute atomic E-state index is 13.0. The lowest BCUT2D eigenvalue weighted by molar-refractivity contribution is -0.137. The summed E-state index contributed by atoms with van der Waals surface area (Å²) in [5.74, 6) is -1.78. The standard InChI is InChI=1S/C24H21N3O4/c1-14(24(30)31-4)25-22(28)15(2)27-13-20-17(7-5-9-19(20)23(27)29)16-8-6-10-21-18(16)11-12-26(21)3/h5-12H,1-2,13H2,3-4H3,(H,25,28). The van der Waals surface area contributed by atoms with Crippen LogP contribution in [0.15, 0.2) is 73.2 Å². The molecule has 3 aromatic rings. The van der Waals surface area contributed by atoms with Crippen LogP contribution in [0.5, 0.6) is 0 Å². The fraction of sp³-hybridized carbons (Fsp3) is 0.125. The smallest absolute Gasteiger partial charge is 0.353 e. The minimum atomic E-state index is -0.768. The molecule has 156 valence electrons. The molecule has 0 unspecified atom stereocenters. The third-order valence-corrected chi connectivity index (χ3v) is 5.47. The number of hydrogen-bond donors (Lipinski definition) is 1. The summed E-state index contributed by atoms with van der Waals surface area (Å²) in [5.41, 5.74) is 4.07. The Morgan fingerprint density at radius 1 is 1.03 bits per heavy atom. The van der Waals surface area contributed by atoms with Crippen molar-refractivity contribution in [2.75, 3.05) is 7.11 Å². The van der Waals surface area contributed by atoms with Crippen molar-refractivity contribution in [1.29, 1.82) is 0 Å². The minimum absolute atomic E-state index is 0.0740. The largest absolute Gasteiger partial charge is 0.464 e. The highest BCUT2D eigenvalue weighted by Crippen LogP contribution is 2.37. The summed E-state index contributed by atoms with van der Waals surface area (Å²) in [6.07, 6.45) is 2.00. The number of ether oxygens (including phenoxy) is 1. The van der Waals surface area contributed by atoms with Gasteiger partial charge in [-0.25, -0.2) is 4.79 Å². The minimum Gasteiger partial charge on any atom is -0.464 e. The van der Waals surface area contributed by atoms with E-state index in [-0.39, 0.29) is 23.8 Å². The third-order valence-electron chi connectivity index (χ3n) is 5.47. The fourth-order valence-electron chi connectivity index (χ4n) is 3.85. The Kier molecular flexibility index (Phi) is 4.94. The summed E-state index contributed by atoms with van der Waals surface area (Å²) in [7, 11) is 3.17. The number of amides is 2. The van der Waals surface area contributed by atoms with Crippen LogP contribution in [-0.2, 0) is 27.9 Å². The predicted octanol–water partition coefficient (Wildman–Crippen LogP) is 3.12. The first-order chi connectivity index (χ1) is 14.8. The summed E-state index contributed by atoms with van der Waals surface area (Å²) in [4.78, 5) is 38.4. The Labute approximate surface area is 179 Å². The zero-order valence-electron chi connectivity index (χ0n) is 17.3. The van der Waals surface area contributed by atoms with E-state index in [1.54, 1.807) is 6.07 Å². The van der Waals surface area contributed by atoms with Gasteiger partial charge in [-0.05, 0) is 34.9 Å². The molecular formula is C24H21N3O4. The molecule has 2 heterocycles. The number of carbonyl (C=O) groups excluding carboxylic acids is 3. The van der Waals surface area contributed by atoms with Crippen molar-refractivity contribution in [3.8, 4) is 11.1 Å². The first-order valence-corrected chi connectivity index (χ1v) is 9.59. The van der Waals surface area contributed by atoms with Crippen LogP contribution >= 0.6 is 0 Å². The molecule has 0 spiro atoms. The average Bonchev–Trinajstić information content (AvgIpc) is 3.32. The molecule has 1 aliphatic rings. The normalized spacial score (nSPS) is 12.6. The first kappa shape index (κ1) is 20.2. The second-order valence-electron chi connectivity index (χ2n) is 7.26. The van der Waals surface area contributed by atoms with Gasteiger partial charge in [0.25, 0.3) is 11.8 Å². The fourth-order valence-corrected chi connectivity index (χ4v) is 3.85. The molecule has 0 fully saturated rings. The van der Waals surface area contributed by atoms with E-state index in [1.165, 1.54) is 12.0 Å². The Morgan fingerprint density at radius 2 is 1.71 bits per heavy atom. The van der Waals surface area contributed by atoms with Crippen LogP contribution in [0.1, 0.15) is 15.9 Å². The van der Waals surface area contributed by atoms with Gasteiger partial charge in [0, 0.05) is 29.7 Å². The van der Waals surface area contributed by atoms with Crippen LogP contribution in [0.4, 0.5) is 0 Å². The van der Waals surface area contributed by atoms with Gasteiger partial charge in [-0.1, -0.05) is 37.4 Å². The molecule has 7 nitrogen and oxygen atoms in total. The summed E-state index contributed by atoms with van der Waals surface area (Å²) in [6, 6.07) is 13.6. The quantitative estimate of drug-likeness (QED) is 0.513. The highest BCUT2D eigenvalue weighted by atomic mass is 16.5. The summed E-state index contributed by atoms with van der Waals surface area (Å²) in [5, 5.41) is 3.40. The van der Waals surface area contributed by atoms with Crippen LogP contribution in [0.2, 0.25) is 0 Å². The highest BCUT2D eigenvalue weighted by molar-refractivity contribution is 6.08. The Bertz CT molecular complexity index is 1290. The SMILES string of the molecule is C=C(NC(=O)C(=C)N1Cc2c(cccc2-c2cccc3c2ccn3C)C1=O)C(=O)OC. The number of benzene rings is 2. The van der Waals surface area contributed by atoms with E-state index in [1.807, 2.05) is 54.2 Å². The van der Waals surface area contributed by atoms with E-state index < -0.39 is 11.9 Å². The Hall–Kier alpha value is -4.13. The molecule has 1 N–H and O–H groups in total. The van der Waals surface area contributed by atoms with Crippen LogP contribution in [-0.4, -0.2) is 34.4 Å². The second-order valence-corrected chi connectivity index (χ2v) is 7.26. The van der Waals surface area contributed by atoms with Crippen molar-refractivity contribution in [3.05, 3.63) is 84.3 Å². The average molecular weight is 415 g/mol. The molecule has 0 bridgehead atoms. The molecule has 4 rings (SSSR count).